The number of rotatable bonds is 4. The number of hydrogen-bond acceptors (Lipinski definition) is 3. The van der Waals surface area contributed by atoms with Gasteiger partial charge in [-0.25, -0.2) is 0 Å². The third-order valence-corrected chi connectivity index (χ3v) is 4.62. The lowest BCUT2D eigenvalue weighted by Crippen LogP contribution is -2.43. The Bertz CT molecular complexity index is 571. The van der Waals surface area contributed by atoms with Crippen LogP contribution in [0.25, 0.3) is 0 Å². The Morgan fingerprint density at radius 3 is 2.27 bits per heavy atom. The first-order valence-corrected chi connectivity index (χ1v) is 8.07. The second-order valence-electron chi connectivity index (χ2n) is 6.21. The molecule has 1 saturated heterocycles. The molecule has 2 aromatic rings. The number of piperidine rings is 1. The summed E-state index contributed by atoms with van der Waals surface area (Å²) in [6.45, 7) is 3.27. The van der Waals surface area contributed by atoms with E-state index >= 15 is 0 Å². The summed E-state index contributed by atoms with van der Waals surface area (Å²) in [5.41, 5.74) is 9.29. The highest BCUT2D eigenvalue weighted by molar-refractivity contribution is 5.53. The minimum atomic E-state index is 0.672. The van der Waals surface area contributed by atoms with E-state index in [4.69, 9.17) is 5.73 Å². The first kappa shape index (κ1) is 14.9. The van der Waals surface area contributed by atoms with Crippen LogP contribution in [-0.4, -0.2) is 31.1 Å². The highest BCUT2D eigenvalue weighted by atomic mass is 15.2. The van der Waals surface area contributed by atoms with Crippen molar-refractivity contribution in [2.24, 2.45) is 0 Å². The number of benzene rings is 2. The molecule has 3 rings (SSSR count). The van der Waals surface area contributed by atoms with Crippen LogP contribution in [0.15, 0.2) is 54.6 Å². The molecule has 0 aromatic heterocycles. The van der Waals surface area contributed by atoms with Crippen molar-refractivity contribution >= 4 is 11.4 Å². The molecule has 0 unspecified atom stereocenters. The van der Waals surface area contributed by atoms with Gasteiger partial charge in [0.2, 0.25) is 0 Å². The van der Waals surface area contributed by atoms with Gasteiger partial charge >= 0.3 is 0 Å². The lowest BCUT2D eigenvalue weighted by atomic mass is 10.0. The normalized spacial score (nSPS) is 16.2. The molecule has 1 aliphatic heterocycles. The van der Waals surface area contributed by atoms with E-state index in [1.54, 1.807) is 0 Å². The van der Waals surface area contributed by atoms with E-state index in [1.807, 2.05) is 12.1 Å². The highest BCUT2D eigenvalue weighted by Crippen LogP contribution is 2.23. The molecule has 0 bridgehead atoms. The maximum Gasteiger partial charge on any atom is 0.0367 e. The molecule has 3 nitrogen and oxygen atoms in total. The van der Waals surface area contributed by atoms with Crippen molar-refractivity contribution in [2.75, 3.05) is 30.8 Å². The van der Waals surface area contributed by atoms with E-state index in [2.05, 4.69) is 59.3 Å². The van der Waals surface area contributed by atoms with Gasteiger partial charge in [-0.15, -0.1) is 0 Å². The molecule has 0 aliphatic carbocycles. The first-order chi connectivity index (χ1) is 10.7. The van der Waals surface area contributed by atoms with E-state index in [9.17, 15) is 0 Å². The first-order valence-electron chi connectivity index (χ1n) is 8.07. The van der Waals surface area contributed by atoms with Crippen LogP contribution in [0.3, 0.4) is 0 Å². The van der Waals surface area contributed by atoms with Gasteiger partial charge in [-0.3, -0.25) is 4.90 Å². The number of nitrogen functional groups attached to an aromatic ring is 1. The van der Waals surface area contributed by atoms with Crippen LogP contribution in [0.4, 0.5) is 11.4 Å². The summed E-state index contributed by atoms with van der Waals surface area (Å²) in [4.78, 5) is 4.96. The predicted molar refractivity (Wildman–Crippen MR) is 94.0 cm³/mol. The van der Waals surface area contributed by atoms with E-state index in [0.717, 1.165) is 25.3 Å². The molecule has 0 radical (unpaired) electrons. The van der Waals surface area contributed by atoms with Crippen molar-refractivity contribution in [3.05, 3.63) is 60.2 Å². The Kier molecular flexibility index (Phi) is 4.64. The largest absolute Gasteiger partial charge is 0.399 e. The van der Waals surface area contributed by atoms with E-state index < -0.39 is 0 Å². The molecule has 0 saturated carbocycles. The molecule has 3 heteroatoms. The van der Waals surface area contributed by atoms with Crippen LogP contribution in [0.5, 0.6) is 0 Å². The zero-order chi connectivity index (χ0) is 15.4. The van der Waals surface area contributed by atoms with Crippen LogP contribution < -0.4 is 10.6 Å². The SMILES string of the molecule is CN(Cc1ccccc1)C1CCN(c2ccc(N)cc2)CC1. The van der Waals surface area contributed by atoms with Gasteiger partial charge in [-0.2, -0.15) is 0 Å². The molecule has 2 N–H and O–H groups in total. The van der Waals surface area contributed by atoms with E-state index in [0.29, 0.717) is 6.04 Å². The number of nitrogens with two attached hydrogens (primary N) is 1. The van der Waals surface area contributed by atoms with E-state index in [1.165, 1.54) is 24.1 Å². The minimum absolute atomic E-state index is 0.672. The molecular weight excluding hydrogens is 270 g/mol. The maximum absolute atomic E-state index is 5.77. The number of nitrogens with zero attached hydrogens (tertiary/aromatic N) is 2. The van der Waals surface area contributed by atoms with Crippen LogP contribution in [0, 0.1) is 0 Å². The van der Waals surface area contributed by atoms with Crippen molar-refractivity contribution in [3.63, 3.8) is 0 Å². The number of hydrogen-bond donors (Lipinski definition) is 1. The second kappa shape index (κ2) is 6.84. The Hall–Kier alpha value is -2.00. The molecule has 0 spiro atoms. The number of anilines is 2. The third kappa shape index (κ3) is 3.60. The smallest absolute Gasteiger partial charge is 0.0367 e. The van der Waals surface area contributed by atoms with Crippen LogP contribution in [0.1, 0.15) is 18.4 Å². The zero-order valence-electron chi connectivity index (χ0n) is 13.3. The topological polar surface area (TPSA) is 32.5 Å². The van der Waals surface area contributed by atoms with Crippen molar-refractivity contribution in [1.82, 2.24) is 4.90 Å². The van der Waals surface area contributed by atoms with Crippen LogP contribution in [0.2, 0.25) is 0 Å². The van der Waals surface area contributed by atoms with Crippen molar-refractivity contribution in [1.29, 1.82) is 0 Å². The fourth-order valence-corrected chi connectivity index (χ4v) is 3.25. The average Bonchev–Trinajstić information content (AvgIpc) is 2.57. The van der Waals surface area contributed by atoms with Gasteiger partial charge in [0, 0.05) is 37.1 Å². The summed E-state index contributed by atoms with van der Waals surface area (Å²) in [6.07, 6.45) is 2.43. The summed E-state index contributed by atoms with van der Waals surface area (Å²) in [5, 5.41) is 0. The Morgan fingerprint density at radius 1 is 1.00 bits per heavy atom. The summed E-state index contributed by atoms with van der Waals surface area (Å²) >= 11 is 0. The van der Waals surface area contributed by atoms with Crippen molar-refractivity contribution in [2.45, 2.75) is 25.4 Å². The van der Waals surface area contributed by atoms with Gasteiger partial charge in [-0.05, 0) is 49.7 Å². The Labute approximate surface area is 133 Å². The molecule has 1 aliphatic rings. The fourth-order valence-electron chi connectivity index (χ4n) is 3.25. The molecule has 1 heterocycles. The summed E-state index contributed by atoms with van der Waals surface area (Å²) in [7, 11) is 2.25. The fraction of sp³-hybridized carbons (Fsp3) is 0.368. The monoisotopic (exact) mass is 295 g/mol. The Morgan fingerprint density at radius 2 is 1.64 bits per heavy atom. The van der Waals surface area contributed by atoms with Crippen LogP contribution >= 0.6 is 0 Å². The van der Waals surface area contributed by atoms with E-state index in [-0.39, 0.29) is 0 Å². The van der Waals surface area contributed by atoms with Crippen molar-refractivity contribution in [3.8, 4) is 0 Å². The minimum Gasteiger partial charge on any atom is -0.399 e. The summed E-state index contributed by atoms with van der Waals surface area (Å²) in [6, 6.07) is 19.6. The van der Waals surface area contributed by atoms with Gasteiger partial charge in [0.1, 0.15) is 0 Å². The molecule has 1 fully saturated rings. The van der Waals surface area contributed by atoms with Gasteiger partial charge in [-0.1, -0.05) is 30.3 Å². The summed E-state index contributed by atoms with van der Waals surface area (Å²) < 4.78 is 0. The second-order valence-corrected chi connectivity index (χ2v) is 6.21. The molecule has 22 heavy (non-hydrogen) atoms. The third-order valence-electron chi connectivity index (χ3n) is 4.62. The molecule has 0 amide bonds. The Balaban J connectivity index is 1.54. The average molecular weight is 295 g/mol. The summed E-state index contributed by atoms with van der Waals surface area (Å²) in [5.74, 6) is 0. The van der Waals surface area contributed by atoms with Gasteiger partial charge < -0.3 is 10.6 Å². The predicted octanol–water partition coefficient (Wildman–Crippen LogP) is 3.37. The van der Waals surface area contributed by atoms with Crippen LogP contribution in [-0.2, 0) is 6.54 Å². The lowest BCUT2D eigenvalue weighted by molar-refractivity contribution is 0.200. The molecular formula is C19H25N3. The molecule has 2 aromatic carbocycles. The quantitative estimate of drug-likeness (QED) is 0.878. The van der Waals surface area contributed by atoms with Gasteiger partial charge in [0.15, 0.2) is 0 Å². The molecule has 116 valence electrons. The van der Waals surface area contributed by atoms with Crippen molar-refractivity contribution < 1.29 is 0 Å². The van der Waals surface area contributed by atoms with Gasteiger partial charge in [0.25, 0.3) is 0 Å². The lowest BCUT2D eigenvalue weighted by Gasteiger charge is -2.38. The van der Waals surface area contributed by atoms with Gasteiger partial charge in [0.05, 0.1) is 0 Å². The standard InChI is InChI=1S/C19H25N3/c1-21(15-16-5-3-2-4-6-16)18-11-13-22(14-12-18)19-9-7-17(20)8-10-19/h2-10,18H,11-15,20H2,1H3. The zero-order valence-corrected chi connectivity index (χ0v) is 13.3. The molecule has 0 atom stereocenters. The maximum atomic E-state index is 5.77. The highest BCUT2D eigenvalue weighted by Gasteiger charge is 2.22.